The van der Waals surface area contributed by atoms with Crippen molar-refractivity contribution < 1.29 is 9.59 Å². The Bertz CT molecular complexity index is 647. The monoisotopic (exact) mass is 368 g/mol. The van der Waals surface area contributed by atoms with Crippen LogP contribution in [0.25, 0.3) is 0 Å². The maximum atomic E-state index is 12.2. The predicted molar refractivity (Wildman–Crippen MR) is 108 cm³/mol. The van der Waals surface area contributed by atoms with E-state index in [-0.39, 0.29) is 11.8 Å². The van der Waals surface area contributed by atoms with Crippen LogP contribution in [-0.4, -0.2) is 41.3 Å². The normalized spacial score (nSPS) is 10.8. The number of carbonyl (C=O) groups is 2. The van der Waals surface area contributed by atoms with Gasteiger partial charge in [0, 0.05) is 44.4 Å². The number of aromatic nitrogens is 1. The lowest BCUT2D eigenvalue weighted by Crippen LogP contribution is -2.33. The van der Waals surface area contributed by atoms with Gasteiger partial charge in [0.1, 0.15) is 5.82 Å². The van der Waals surface area contributed by atoms with Gasteiger partial charge in [-0.3, -0.25) is 9.59 Å². The van der Waals surface area contributed by atoms with E-state index in [2.05, 4.69) is 34.4 Å². The molecule has 0 unspecified atom stereocenters. The quantitative estimate of drug-likeness (QED) is 0.674. The number of amides is 2. The van der Waals surface area contributed by atoms with Crippen molar-refractivity contribution in [1.82, 2.24) is 9.88 Å². The number of nitrogens with one attached hydrogen (secondary N) is 2. The molecule has 0 aliphatic rings. The summed E-state index contributed by atoms with van der Waals surface area (Å²) in [4.78, 5) is 30.5. The first-order valence-electron chi connectivity index (χ1n) is 9.31. The zero-order valence-corrected chi connectivity index (χ0v) is 16.0. The highest BCUT2D eigenvalue weighted by Crippen LogP contribution is 2.07. The second kappa shape index (κ2) is 11.1. The van der Waals surface area contributed by atoms with Crippen molar-refractivity contribution in [2.45, 2.75) is 26.7 Å². The number of hydrogen-bond donors (Lipinski definition) is 2. The largest absolute Gasteiger partial charge is 0.326 e. The Labute approximate surface area is 161 Å². The molecule has 6 heteroatoms. The molecule has 27 heavy (non-hydrogen) atoms. The average molecular weight is 368 g/mol. The van der Waals surface area contributed by atoms with E-state index in [1.807, 2.05) is 36.4 Å². The SMILES string of the molecule is CC(C)CN(CCC(=O)Nc1ccccc1)CCC(=O)Nc1ccccn1. The zero-order valence-electron chi connectivity index (χ0n) is 16.0. The maximum Gasteiger partial charge on any atom is 0.226 e. The number of hydrogen-bond acceptors (Lipinski definition) is 4. The van der Waals surface area contributed by atoms with Gasteiger partial charge in [0.25, 0.3) is 0 Å². The Morgan fingerprint density at radius 2 is 1.56 bits per heavy atom. The van der Waals surface area contributed by atoms with Crippen LogP contribution >= 0.6 is 0 Å². The molecule has 0 saturated carbocycles. The Morgan fingerprint density at radius 1 is 0.926 bits per heavy atom. The minimum absolute atomic E-state index is 0.0205. The number of benzene rings is 1. The van der Waals surface area contributed by atoms with Crippen LogP contribution in [-0.2, 0) is 9.59 Å². The van der Waals surface area contributed by atoms with Gasteiger partial charge in [0.15, 0.2) is 0 Å². The summed E-state index contributed by atoms with van der Waals surface area (Å²) in [6, 6.07) is 14.8. The van der Waals surface area contributed by atoms with Crippen LogP contribution in [0, 0.1) is 5.92 Å². The second-order valence-electron chi connectivity index (χ2n) is 6.87. The summed E-state index contributed by atoms with van der Waals surface area (Å²) in [5.41, 5.74) is 0.799. The number of nitrogens with zero attached hydrogens (tertiary/aromatic N) is 2. The topological polar surface area (TPSA) is 74.3 Å². The molecular weight excluding hydrogens is 340 g/mol. The van der Waals surface area contributed by atoms with Crippen molar-refractivity contribution in [3.05, 3.63) is 54.7 Å². The first-order chi connectivity index (χ1) is 13.0. The van der Waals surface area contributed by atoms with Gasteiger partial charge in [-0.2, -0.15) is 0 Å². The van der Waals surface area contributed by atoms with Crippen molar-refractivity contribution in [3.8, 4) is 0 Å². The Balaban J connectivity index is 1.78. The summed E-state index contributed by atoms with van der Waals surface area (Å²) in [7, 11) is 0. The van der Waals surface area contributed by atoms with E-state index < -0.39 is 0 Å². The van der Waals surface area contributed by atoms with E-state index in [0.717, 1.165) is 12.2 Å². The molecule has 144 valence electrons. The highest BCUT2D eigenvalue weighted by atomic mass is 16.2. The molecule has 0 radical (unpaired) electrons. The van der Waals surface area contributed by atoms with E-state index in [0.29, 0.717) is 37.7 Å². The van der Waals surface area contributed by atoms with Crippen LogP contribution in [0.4, 0.5) is 11.5 Å². The van der Waals surface area contributed by atoms with Crippen LogP contribution in [0.15, 0.2) is 54.7 Å². The highest BCUT2D eigenvalue weighted by Gasteiger charge is 2.13. The third-order valence-corrected chi connectivity index (χ3v) is 3.92. The standard InChI is InChI=1S/C21H28N4O2/c1-17(2)16-25(14-11-20(26)23-18-8-4-3-5-9-18)15-12-21(27)24-19-10-6-7-13-22-19/h3-10,13,17H,11-12,14-16H2,1-2H3,(H,23,26)(H,22,24,27). The average Bonchev–Trinajstić information content (AvgIpc) is 2.65. The van der Waals surface area contributed by atoms with E-state index in [4.69, 9.17) is 0 Å². The van der Waals surface area contributed by atoms with Crippen molar-refractivity contribution >= 4 is 23.3 Å². The van der Waals surface area contributed by atoms with Gasteiger partial charge in [0.2, 0.25) is 11.8 Å². The molecule has 2 aromatic rings. The lowest BCUT2D eigenvalue weighted by Gasteiger charge is -2.23. The van der Waals surface area contributed by atoms with E-state index >= 15 is 0 Å². The Kier molecular flexibility index (Phi) is 8.45. The van der Waals surface area contributed by atoms with Crippen molar-refractivity contribution in [2.24, 2.45) is 5.92 Å². The summed E-state index contributed by atoms with van der Waals surface area (Å²) in [6.07, 6.45) is 2.40. The molecule has 1 heterocycles. The van der Waals surface area contributed by atoms with Gasteiger partial charge in [-0.25, -0.2) is 4.98 Å². The van der Waals surface area contributed by atoms with E-state index in [1.54, 1.807) is 18.3 Å². The molecule has 0 aliphatic carbocycles. The van der Waals surface area contributed by atoms with Crippen molar-refractivity contribution in [3.63, 3.8) is 0 Å². The molecule has 2 amide bonds. The van der Waals surface area contributed by atoms with Gasteiger partial charge in [-0.05, 0) is 30.2 Å². The lowest BCUT2D eigenvalue weighted by molar-refractivity contribution is -0.116. The molecule has 2 rings (SSSR count). The number of para-hydroxylation sites is 1. The van der Waals surface area contributed by atoms with Gasteiger partial charge >= 0.3 is 0 Å². The molecule has 1 aromatic heterocycles. The van der Waals surface area contributed by atoms with E-state index in [9.17, 15) is 9.59 Å². The molecule has 0 aliphatic heterocycles. The first-order valence-corrected chi connectivity index (χ1v) is 9.31. The van der Waals surface area contributed by atoms with Gasteiger partial charge in [-0.1, -0.05) is 38.1 Å². The fourth-order valence-electron chi connectivity index (χ4n) is 2.72. The summed E-state index contributed by atoms with van der Waals surface area (Å²) in [5, 5.41) is 5.69. The van der Waals surface area contributed by atoms with Crippen molar-refractivity contribution in [2.75, 3.05) is 30.3 Å². The fourth-order valence-corrected chi connectivity index (χ4v) is 2.72. The highest BCUT2D eigenvalue weighted by molar-refractivity contribution is 5.91. The summed E-state index contributed by atoms with van der Waals surface area (Å²) in [6.45, 7) is 6.33. The minimum atomic E-state index is -0.0730. The maximum absolute atomic E-state index is 12.2. The molecular formula is C21H28N4O2. The van der Waals surface area contributed by atoms with Crippen LogP contribution in [0.5, 0.6) is 0 Å². The Hall–Kier alpha value is -2.73. The summed E-state index contributed by atoms with van der Waals surface area (Å²) < 4.78 is 0. The molecule has 2 N–H and O–H groups in total. The van der Waals surface area contributed by atoms with Crippen LogP contribution in [0.2, 0.25) is 0 Å². The smallest absolute Gasteiger partial charge is 0.226 e. The number of pyridine rings is 1. The van der Waals surface area contributed by atoms with Crippen LogP contribution in [0.3, 0.4) is 0 Å². The lowest BCUT2D eigenvalue weighted by atomic mass is 10.2. The van der Waals surface area contributed by atoms with Crippen LogP contribution in [0.1, 0.15) is 26.7 Å². The number of anilines is 2. The van der Waals surface area contributed by atoms with Crippen LogP contribution < -0.4 is 10.6 Å². The zero-order chi connectivity index (χ0) is 19.5. The second-order valence-corrected chi connectivity index (χ2v) is 6.87. The first kappa shape index (κ1) is 20.6. The van der Waals surface area contributed by atoms with Gasteiger partial charge < -0.3 is 15.5 Å². The van der Waals surface area contributed by atoms with Gasteiger partial charge in [-0.15, -0.1) is 0 Å². The summed E-state index contributed by atoms with van der Waals surface area (Å²) in [5.74, 6) is 0.922. The van der Waals surface area contributed by atoms with Crippen molar-refractivity contribution in [1.29, 1.82) is 0 Å². The minimum Gasteiger partial charge on any atom is -0.326 e. The van der Waals surface area contributed by atoms with Gasteiger partial charge in [0.05, 0.1) is 0 Å². The summed E-state index contributed by atoms with van der Waals surface area (Å²) >= 11 is 0. The third kappa shape index (κ3) is 8.46. The molecule has 6 nitrogen and oxygen atoms in total. The molecule has 0 saturated heterocycles. The molecule has 1 aromatic carbocycles. The predicted octanol–water partition coefficient (Wildman–Crippen LogP) is 3.40. The Morgan fingerprint density at radius 3 is 2.15 bits per heavy atom. The molecule has 0 fully saturated rings. The fraction of sp³-hybridized carbons (Fsp3) is 0.381. The molecule has 0 bridgehead atoms. The molecule has 0 spiro atoms. The number of carbonyl (C=O) groups excluding carboxylic acids is 2. The number of rotatable bonds is 10. The third-order valence-electron chi connectivity index (χ3n) is 3.92. The molecule has 0 atom stereocenters. The van der Waals surface area contributed by atoms with E-state index in [1.165, 1.54) is 0 Å².